The number of sulfone groups is 1. The summed E-state index contributed by atoms with van der Waals surface area (Å²) in [5.41, 5.74) is 5.70. The number of aliphatic imine (C=N–C) groups is 1. The zero-order valence-electron chi connectivity index (χ0n) is 16.7. The van der Waals surface area contributed by atoms with Crippen LogP contribution in [0.15, 0.2) is 58.8 Å². The number of methoxy groups -OCH3 is 1. The van der Waals surface area contributed by atoms with Gasteiger partial charge in [0.2, 0.25) is 5.88 Å². The molecule has 30 heavy (non-hydrogen) atoms. The summed E-state index contributed by atoms with van der Waals surface area (Å²) in [6, 6.07) is 10.0. The summed E-state index contributed by atoms with van der Waals surface area (Å²) in [6.07, 6.45) is 4.75. The Labute approximate surface area is 174 Å². The number of aromatic nitrogens is 3. The molecule has 2 aromatic heterocycles. The Balaban J connectivity index is 1.68. The van der Waals surface area contributed by atoms with E-state index in [1.54, 1.807) is 37.7 Å². The monoisotopic (exact) mass is 427 g/mol. The number of hydrogen-bond acceptors (Lipinski definition) is 8. The minimum absolute atomic E-state index is 0.245. The van der Waals surface area contributed by atoms with E-state index < -0.39 is 9.84 Å². The molecule has 3 aromatic rings. The second-order valence-electron chi connectivity index (χ2n) is 6.90. The molecule has 1 atom stereocenters. The van der Waals surface area contributed by atoms with Crippen molar-refractivity contribution in [3.8, 4) is 11.6 Å². The van der Waals surface area contributed by atoms with E-state index in [1.165, 1.54) is 6.26 Å². The predicted octanol–water partition coefficient (Wildman–Crippen LogP) is 2.01. The molecule has 0 fully saturated rings. The molecular formula is C20H21N5O4S. The second-order valence-corrected chi connectivity index (χ2v) is 8.91. The number of hydroxylamine groups is 1. The molecular weight excluding hydrogens is 406 g/mol. The lowest BCUT2D eigenvalue weighted by Gasteiger charge is -2.22. The summed E-state index contributed by atoms with van der Waals surface area (Å²) in [5.74, 6) is 0.846. The number of benzene rings is 1. The van der Waals surface area contributed by atoms with Gasteiger partial charge >= 0.3 is 0 Å². The molecule has 156 valence electrons. The maximum absolute atomic E-state index is 11.9. The number of ether oxygens (including phenoxy) is 1. The molecule has 0 aliphatic carbocycles. The highest BCUT2D eigenvalue weighted by atomic mass is 32.2. The third-order valence-corrected chi connectivity index (χ3v) is 5.74. The van der Waals surface area contributed by atoms with E-state index in [4.69, 9.17) is 9.57 Å². The molecule has 3 heterocycles. The van der Waals surface area contributed by atoms with Crippen LogP contribution in [0.1, 0.15) is 23.0 Å². The highest BCUT2D eigenvalue weighted by Crippen LogP contribution is 2.25. The number of nitrogens with one attached hydrogen (secondary N) is 1. The number of amidine groups is 1. The van der Waals surface area contributed by atoms with Crippen LogP contribution in [0, 0.1) is 6.92 Å². The van der Waals surface area contributed by atoms with E-state index in [-0.39, 0.29) is 17.5 Å². The third-order valence-electron chi connectivity index (χ3n) is 4.63. The van der Waals surface area contributed by atoms with Gasteiger partial charge in [0.15, 0.2) is 15.7 Å². The lowest BCUT2D eigenvalue weighted by atomic mass is 10.1. The summed E-state index contributed by atoms with van der Waals surface area (Å²) in [4.78, 5) is 19.2. The minimum Gasteiger partial charge on any atom is -0.479 e. The molecule has 9 nitrogen and oxygen atoms in total. The first kappa shape index (κ1) is 20.0. The number of hydrogen-bond donors (Lipinski definition) is 1. The van der Waals surface area contributed by atoms with Gasteiger partial charge in [-0.1, -0.05) is 12.1 Å². The van der Waals surface area contributed by atoms with Crippen molar-refractivity contribution in [1.82, 2.24) is 20.0 Å². The van der Waals surface area contributed by atoms with Gasteiger partial charge in [0, 0.05) is 12.5 Å². The van der Waals surface area contributed by atoms with Crippen molar-refractivity contribution in [3.05, 3.63) is 65.9 Å². The van der Waals surface area contributed by atoms with Crippen molar-refractivity contribution < 1.29 is 18.0 Å². The van der Waals surface area contributed by atoms with Gasteiger partial charge in [-0.3, -0.25) is 9.83 Å². The van der Waals surface area contributed by atoms with E-state index in [0.29, 0.717) is 17.4 Å². The van der Waals surface area contributed by atoms with Gasteiger partial charge in [0.25, 0.3) is 0 Å². The minimum atomic E-state index is -3.31. The molecule has 1 aromatic carbocycles. The van der Waals surface area contributed by atoms with Crippen molar-refractivity contribution >= 4 is 15.7 Å². The van der Waals surface area contributed by atoms with Gasteiger partial charge in [0.05, 0.1) is 24.0 Å². The van der Waals surface area contributed by atoms with Crippen molar-refractivity contribution in [2.75, 3.05) is 20.0 Å². The first-order chi connectivity index (χ1) is 14.3. The fraction of sp³-hybridized carbons (Fsp3) is 0.250. The van der Waals surface area contributed by atoms with Crippen LogP contribution in [0.4, 0.5) is 0 Å². The maximum Gasteiger partial charge on any atom is 0.238 e. The van der Waals surface area contributed by atoms with Crippen LogP contribution < -0.4 is 10.2 Å². The summed E-state index contributed by atoms with van der Waals surface area (Å²) in [6.45, 7) is 2.17. The standard InChI is InChI=1S/C20H21N5O4S/c1-13-10-25(12-21-13)18-8-7-16(23-20(18)28-2)19-22-17(11-29-24-19)14-5-4-6-15(9-14)30(3,26)27/h4-10,12,17H,11H2,1-3H3,(H,22,24). The smallest absolute Gasteiger partial charge is 0.238 e. The molecule has 1 N–H and O–H groups in total. The van der Waals surface area contributed by atoms with E-state index in [9.17, 15) is 8.42 Å². The van der Waals surface area contributed by atoms with Gasteiger partial charge in [-0.15, -0.1) is 0 Å². The van der Waals surface area contributed by atoms with Crippen molar-refractivity contribution in [1.29, 1.82) is 0 Å². The number of imidazole rings is 1. The van der Waals surface area contributed by atoms with Gasteiger partial charge in [-0.05, 0) is 36.8 Å². The molecule has 1 aliphatic heterocycles. The van der Waals surface area contributed by atoms with E-state index in [2.05, 4.69) is 20.4 Å². The Morgan fingerprint density at radius 1 is 1.27 bits per heavy atom. The van der Waals surface area contributed by atoms with Crippen LogP contribution in [-0.4, -0.2) is 48.8 Å². The van der Waals surface area contributed by atoms with Crippen LogP contribution in [0.25, 0.3) is 5.69 Å². The van der Waals surface area contributed by atoms with Crippen molar-refractivity contribution in [2.45, 2.75) is 17.9 Å². The average molecular weight is 427 g/mol. The number of pyridine rings is 1. The maximum atomic E-state index is 11.9. The molecule has 4 rings (SSSR count). The molecule has 0 amide bonds. The molecule has 10 heteroatoms. The summed E-state index contributed by atoms with van der Waals surface area (Å²) in [7, 11) is -1.76. The van der Waals surface area contributed by atoms with Crippen LogP contribution in [0.5, 0.6) is 5.88 Å². The van der Waals surface area contributed by atoms with Crippen molar-refractivity contribution in [3.63, 3.8) is 0 Å². The van der Waals surface area contributed by atoms with Crippen LogP contribution in [0.2, 0.25) is 0 Å². The fourth-order valence-corrected chi connectivity index (χ4v) is 3.79. The summed E-state index contributed by atoms with van der Waals surface area (Å²) < 4.78 is 31.0. The summed E-state index contributed by atoms with van der Waals surface area (Å²) in [5, 5.41) is 0. The van der Waals surface area contributed by atoms with Gasteiger partial charge in [-0.2, -0.15) is 0 Å². The number of aryl methyl sites for hydroxylation is 1. The molecule has 0 saturated carbocycles. The largest absolute Gasteiger partial charge is 0.479 e. The van der Waals surface area contributed by atoms with E-state index in [0.717, 1.165) is 16.9 Å². The Kier molecular flexibility index (Phi) is 5.27. The number of rotatable bonds is 5. The highest BCUT2D eigenvalue weighted by Gasteiger charge is 2.22. The Morgan fingerprint density at radius 2 is 2.10 bits per heavy atom. The lowest BCUT2D eigenvalue weighted by molar-refractivity contribution is 0.0620. The normalized spacial score (nSPS) is 16.6. The molecule has 0 spiro atoms. The zero-order chi connectivity index (χ0) is 21.3. The van der Waals surface area contributed by atoms with Crippen LogP contribution in [0.3, 0.4) is 0 Å². The van der Waals surface area contributed by atoms with Gasteiger partial charge < -0.3 is 9.30 Å². The van der Waals surface area contributed by atoms with Gasteiger partial charge in [0.1, 0.15) is 24.0 Å². The van der Waals surface area contributed by atoms with Crippen LogP contribution in [-0.2, 0) is 14.7 Å². The first-order valence-electron chi connectivity index (χ1n) is 9.17. The number of nitrogens with zero attached hydrogens (tertiary/aromatic N) is 4. The molecule has 0 bridgehead atoms. The highest BCUT2D eigenvalue weighted by molar-refractivity contribution is 7.90. The van der Waals surface area contributed by atoms with E-state index >= 15 is 0 Å². The quantitative estimate of drug-likeness (QED) is 0.664. The molecule has 1 unspecified atom stereocenters. The topological polar surface area (TPSA) is 108 Å². The summed E-state index contributed by atoms with van der Waals surface area (Å²) >= 11 is 0. The third kappa shape index (κ3) is 4.05. The SMILES string of the molecule is COc1nc(C2=NC(c3cccc(S(C)(=O)=O)c3)CON2)ccc1-n1cnc(C)c1. The van der Waals surface area contributed by atoms with Crippen LogP contribution >= 0.6 is 0 Å². The molecule has 1 aliphatic rings. The molecule has 0 radical (unpaired) electrons. The first-order valence-corrected chi connectivity index (χ1v) is 11.1. The average Bonchev–Trinajstić information content (AvgIpc) is 3.19. The Morgan fingerprint density at radius 3 is 2.80 bits per heavy atom. The fourth-order valence-electron chi connectivity index (χ4n) is 3.11. The second kappa shape index (κ2) is 7.88. The van der Waals surface area contributed by atoms with E-state index in [1.807, 2.05) is 29.8 Å². The van der Waals surface area contributed by atoms with Gasteiger partial charge in [-0.25, -0.2) is 23.9 Å². The Bertz CT molecular complexity index is 1220. The Hall–Kier alpha value is -3.24. The zero-order valence-corrected chi connectivity index (χ0v) is 17.5. The lowest BCUT2D eigenvalue weighted by Crippen LogP contribution is -2.33. The predicted molar refractivity (Wildman–Crippen MR) is 111 cm³/mol. The van der Waals surface area contributed by atoms with Crippen molar-refractivity contribution in [2.24, 2.45) is 4.99 Å². The molecule has 0 saturated heterocycles.